The third kappa shape index (κ3) is 4.31. The maximum Gasteiger partial charge on any atom is 0.236 e. The first-order valence-electron chi connectivity index (χ1n) is 12.8. The molecule has 1 fully saturated rings. The van der Waals surface area contributed by atoms with Crippen LogP contribution in [0.5, 0.6) is 11.5 Å². The van der Waals surface area contributed by atoms with Gasteiger partial charge in [-0.2, -0.15) is 0 Å². The standard InChI is InChI=1S/C30H33N3O3S/c1-6-20-12-14-21(15-13-20)33-29(37)32-26-22-9-8-10-24(35-7-2)27(22)36-30(33,5)25(26)28(34)31-23-16-11-18(3)17-19(23)4/h8-17,25-26H,6-7H2,1-5H3,(H,31,34)(H,32,37)/t25-,26-,30-/m0/s1. The van der Waals surface area contributed by atoms with E-state index in [2.05, 4.69) is 35.8 Å². The summed E-state index contributed by atoms with van der Waals surface area (Å²) in [6.45, 7) is 10.6. The lowest BCUT2D eigenvalue weighted by Crippen LogP contribution is -2.72. The third-order valence-corrected chi connectivity index (χ3v) is 7.61. The molecule has 1 amide bonds. The second-order valence-electron chi connectivity index (χ2n) is 9.83. The lowest BCUT2D eigenvalue weighted by Gasteiger charge is -2.56. The zero-order valence-electron chi connectivity index (χ0n) is 21.9. The van der Waals surface area contributed by atoms with Crippen molar-refractivity contribution in [2.45, 2.75) is 52.8 Å². The van der Waals surface area contributed by atoms with Gasteiger partial charge in [-0.15, -0.1) is 0 Å². The van der Waals surface area contributed by atoms with Crippen molar-refractivity contribution in [2.75, 3.05) is 16.8 Å². The van der Waals surface area contributed by atoms with Gasteiger partial charge in [-0.25, -0.2) is 0 Å². The van der Waals surface area contributed by atoms with Gasteiger partial charge in [0.2, 0.25) is 5.91 Å². The van der Waals surface area contributed by atoms with E-state index in [1.54, 1.807) is 0 Å². The fourth-order valence-corrected chi connectivity index (χ4v) is 5.89. The van der Waals surface area contributed by atoms with Crippen LogP contribution in [-0.2, 0) is 11.2 Å². The van der Waals surface area contributed by atoms with E-state index < -0.39 is 17.7 Å². The molecule has 2 heterocycles. The van der Waals surface area contributed by atoms with Gasteiger partial charge in [-0.1, -0.05) is 48.9 Å². The highest BCUT2D eigenvalue weighted by atomic mass is 32.1. The van der Waals surface area contributed by atoms with E-state index in [0.717, 1.165) is 34.5 Å². The van der Waals surface area contributed by atoms with Gasteiger partial charge in [0, 0.05) is 16.9 Å². The van der Waals surface area contributed by atoms with Crippen LogP contribution in [0.2, 0.25) is 0 Å². The minimum absolute atomic E-state index is 0.142. The van der Waals surface area contributed by atoms with Crippen LogP contribution in [0, 0.1) is 19.8 Å². The Bertz CT molecular complexity index is 1360. The number of rotatable bonds is 6. The molecule has 2 bridgehead atoms. The van der Waals surface area contributed by atoms with Crippen LogP contribution >= 0.6 is 12.2 Å². The molecule has 0 spiro atoms. The highest BCUT2D eigenvalue weighted by Crippen LogP contribution is 2.52. The number of nitrogens with one attached hydrogen (secondary N) is 2. The average molecular weight is 516 g/mol. The number of hydrogen-bond donors (Lipinski definition) is 2. The molecule has 2 N–H and O–H groups in total. The summed E-state index contributed by atoms with van der Waals surface area (Å²) in [5.74, 6) is 0.533. The molecule has 0 radical (unpaired) electrons. The Morgan fingerprint density at radius 3 is 2.57 bits per heavy atom. The fraction of sp³-hybridized carbons (Fsp3) is 0.333. The minimum Gasteiger partial charge on any atom is -0.490 e. The predicted octanol–water partition coefficient (Wildman–Crippen LogP) is 6.06. The van der Waals surface area contributed by atoms with Gasteiger partial charge in [0.25, 0.3) is 0 Å². The molecule has 3 aromatic rings. The summed E-state index contributed by atoms with van der Waals surface area (Å²) in [5.41, 5.74) is 4.77. The molecule has 3 aromatic carbocycles. The van der Waals surface area contributed by atoms with Crippen molar-refractivity contribution in [2.24, 2.45) is 5.92 Å². The molecule has 0 unspecified atom stereocenters. The van der Waals surface area contributed by atoms with Gasteiger partial charge < -0.3 is 20.1 Å². The summed E-state index contributed by atoms with van der Waals surface area (Å²) in [5, 5.41) is 7.17. The highest BCUT2D eigenvalue weighted by Gasteiger charge is 2.59. The zero-order valence-corrected chi connectivity index (χ0v) is 22.7. The Balaban J connectivity index is 1.63. The van der Waals surface area contributed by atoms with E-state index in [9.17, 15) is 4.79 Å². The molecule has 0 saturated carbocycles. The number of fused-ring (bicyclic) bond motifs is 4. The molecule has 7 heteroatoms. The number of aryl methyl sites for hydroxylation is 3. The largest absolute Gasteiger partial charge is 0.490 e. The number of ether oxygens (including phenoxy) is 2. The number of amides is 1. The number of hydrogen-bond acceptors (Lipinski definition) is 4. The summed E-state index contributed by atoms with van der Waals surface area (Å²) >= 11 is 5.89. The smallest absolute Gasteiger partial charge is 0.236 e. The van der Waals surface area contributed by atoms with E-state index in [1.807, 2.05) is 75.1 Å². The molecule has 0 aliphatic carbocycles. The topological polar surface area (TPSA) is 62.8 Å². The lowest BCUT2D eigenvalue weighted by atomic mass is 9.78. The summed E-state index contributed by atoms with van der Waals surface area (Å²) < 4.78 is 12.7. The van der Waals surface area contributed by atoms with Crippen molar-refractivity contribution < 1.29 is 14.3 Å². The molecule has 192 valence electrons. The SMILES string of the molecule is CCOc1cccc2c1O[C@@]1(C)[C@H](C(=O)Nc3ccc(C)cc3C)[C@H]2NC(=S)N1c1ccc(CC)cc1. The van der Waals surface area contributed by atoms with E-state index in [1.165, 1.54) is 5.56 Å². The Morgan fingerprint density at radius 2 is 1.89 bits per heavy atom. The van der Waals surface area contributed by atoms with Crippen molar-refractivity contribution >= 4 is 34.6 Å². The number of anilines is 2. The van der Waals surface area contributed by atoms with Crippen LogP contribution in [0.3, 0.4) is 0 Å². The summed E-state index contributed by atoms with van der Waals surface area (Å²) in [4.78, 5) is 16.0. The Morgan fingerprint density at radius 1 is 1.14 bits per heavy atom. The average Bonchev–Trinajstić information content (AvgIpc) is 2.86. The van der Waals surface area contributed by atoms with E-state index in [0.29, 0.717) is 23.2 Å². The maximum absolute atomic E-state index is 14.1. The van der Waals surface area contributed by atoms with Gasteiger partial charge in [0.05, 0.1) is 12.6 Å². The van der Waals surface area contributed by atoms with Crippen molar-refractivity contribution in [1.82, 2.24) is 5.32 Å². The van der Waals surface area contributed by atoms with Crippen LogP contribution in [0.25, 0.3) is 0 Å². The first-order chi connectivity index (χ1) is 17.8. The van der Waals surface area contributed by atoms with Gasteiger partial charge in [0.1, 0.15) is 5.92 Å². The number of thiocarbonyl (C=S) groups is 1. The molecule has 37 heavy (non-hydrogen) atoms. The number of carbonyl (C=O) groups is 1. The Labute approximate surface area is 224 Å². The summed E-state index contributed by atoms with van der Waals surface area (Å²) in [6, 6.07) is 19.7. The number of nitrogens with zero attached hydrogens (tertiary/aromatic N) is 1. The second-order valence-corrected chi connectivity index (χ2v) is 10.2. The van der Waals surface area contributed by atoms with Crippen LogP contribution < -0.4 is 25.0 Å². The summed E-state index contributed by atoms with van der Waals surface area (Å²) in [7, 11) is 0. The van der Waals surface area contributed by atoms with Crippen molar-refractivity contribution in [3.63, 3.8) is 0 Å². The molecular formula is C30H33N3O3S. The maximum atomic E-state index is 14.1. The minimum atomic E-state index is -1.11. The molecule has 6 nitrogen and oxygen atoms in total. The number of carbonyl (C=O) groups excluding carboxylic acids is 1. The number of para-hydroxylation sites is 1. The lowest BCUT2D eigenvalue weighted by molar-refractivity contribution is -0.130. The number of benzene rings is 3. The molecule has 1 saturated heterocycles. The highest BCUT2D eigenvalue weighted by molar-refractivity contribution is 7.80. The van der Waals surface area contributed by atoms with Crippen LogP contribution in [0.15, 0.2) is 60.7 Å². The molecule has 0 aromatic heterocycles. The monoisotopic (exact) mass is 515 g/mol. The van der Waals surface area contributed by atoms with Crippen LogP contribution in [0.4, 0.5) is 11.4 Å². The normalized spacial score (nSPS) is 22.0. The molecule has 3 atom stereocenters. The fourth-order valence-electron chi connectivity index (χ4n) is 5.47. The van der Waals surface area contributed by atoms with Gasteiger partial charge in [-0.3, -0.25) is 9.69 Å². The van der Waals surface area contributed by atoms with Crippen LogP contribution in [0.1, 0.15) is 49.1 Å². The molecular weight excluding hydrogens is 482 g/mol. The van der Waals surface area contributed by atoms with Gasteiger partial charge in [0.15, 0.2) is 22.3 Å². The van der Waals surface area contributed by atoms with Crippen molar-refractivity contribution in [1.29, 1.82) is 0 Å². The Hall–Kier alpha value is -3.58. The van der Waals surface area contributed by atoms with E-state index in [-0.39, 0.29) is 5.91 Å². The van der Waals surface area contributed by atoms with Gasteiger partial charge >= 0.3 is 0 Å². The molecule has 5 rings (SSSR count). The summed E-state index contributed by atoms with van der Waals surface area (Å²) in [6.07, 6.45) is 0.935. The van der Waals surface area contributed by atoms with E-state index >= 15 is 0 Å². The zero-order chi connectivity index (χ0) is 26.3. The first kappa shape index (κ1) is 25.1. The van der Waals surface area contributed by atoms with Crippen molar-refractivity contribution in [3.8, 4) is 11.5 Å². The van der Waals surface area contributed by atoms with Gasteiger partial charge in [-0.05, 0) is 81.7 Å². The van der Waals surface area contributed by atoms with Crippen molar-refractivity contribution in [3.05, 3.63) is 82.9 Å². The first-order valence-corrected chi connectivity index (χ1v) is 13.2. The third-order valence-electron chi connectivity index (χ3n) is 7.31. The molecule has 2 aliphatic heterocycles. The van der Waals surface area contributed by atoms with E-state index in [4.69, 9.17) is 21.7 Å². The van der Waals surface area contributed by atoms with Crippen LogP contribution in [-0.4, -0.2) is 23.4 Å². The predicted molar refractivity (Wildman–Crippen MR) is 151 cm³/mol. The quantitative estimate of drug-likeness (QED) is 0.389. The molecule has 2 aliphatic rings. The second kappa shape index (κ2) is 9.71. The Kier molecular flexibility index (Phi) is 6.58.